The number of carbonyl (C=O) groups is 1. The molecule has 6 heteroatoms. The zero-order valence-corrected chi connectivity index (χ0v) is 21.4. The van der Waals surface area contributed by atoms with Crippen LogP contribution in [0.3, 0.4) is 0 Å². The normalized spacial score (nSPS) is 15.6. The summed E-state index contributed by atoms with van der Waals surface area (Å²) in [6, 6.07) is 35.5. The van der Waals surface area contributed by atoms with E-state index in [0.717, 1.165) is 12.1 Å². The number of anilines is 1. The Hall–Kier alpha value is -3.01. The van der Waals surface area contributed by atoms with Gasteiger partial charge >= 0.3 is 0 Å². The molecule has 0 saturated carbocycles. The van der Waals surface area contributed by atoms with Crippen LogP contribution in [-0.2, 0) is 4.79 Å². The predicted octanol–water partition coefficient (Wildman–Crippen LogP) is 1.19. The number of rotatable bonds is 6. The molecule has 1 aliphatic rings. The quantitative estimate of drug-likeness (QED) is 0.350. The van der Waals surface area contributed by atoms with Gasteiger partial charge < -0.3 is 26.6 Å². The second-order valence-electron chi connectivity index (χ2n) is 8.08. The van der Waals surface area contributed by atoms with Crippen LogP contribution in [0.2, 0.25) is 0 Å². The molecule has 2 heterocycles. The minimum Gasteiger partial charge on any atom is -1.00 e. The number of pyridine rings is 1. The summed E-state index contributed by atoms with van der Waals surface area (Å²) in [7, 11) is -0.672. The van der Waals surface area contributed by atoms with Crippen molar-refractivity contribution < 1.29 is 26.5 Å². The fourth-order valence-corrected chi connectivity index (χ4v) is 9.78. The smallest absolute Gasteiger partial charge is 0.269 e. The minimum atomic E-state index is -2.27. The van der Waals surface area contributed by atoms with Gasteiger partial charge in [0, 0.05) is 19.0 Å². The van der Waals surface area contributed by atoms with Crippen LogP contribution < -0.4 is 42.5 Å². The average molecular weight is 533 g/mol. The molecule has 4 aromatic rings. The van der Waals surface area contributed by atoms with E-state index in [-0.39, 0.29) is 28.5 Å². The molecule has 0 unspecified atom stereocenters. The topological polar surface area (TPSA) is 42.4 Å². The van der Waals surface area contributed by atoms with Gasteiger partial charge in [-0.2, -0.15) is 0 Å². The Morgan fingerprint density at radius 1 is 0.794 bits per heavy atom. The first-order valence-corrected chi connectivity index (χ1v) is 13.0. The van der Waals surface area contributed by atoms with Gasteiger partial charge in [0.1, 0.15) is 23.2 Å². The Morgan fingerprint density at radius 3 is 1.71 bits per heavy atom. The van der Waals surface area contributed by atoms with Crippen molar-refractivity contribution in [2.75, 3.05) is 18.6 Å². The van der Waals surface area contributed by atoms with Crippen LogP contribution in [0.1, 0.15) is 6.42 Å². The lowest BCUT2D eigenvalue weighted by Gasteiger charge is -2.31. The van der Waals surface area contributed by atoms with Gasteiger partial charge in [-0.25, -0.2) is 4.98 Å². The summed E-state index contributed by atoms with van der Waals surface area (Å²) in [6.07, 6.45) is 2.52. The molecule has 1 amide bonds. The first-order chi connectivity index (χ1) is 16.2. The fraction of sp³-hybridized carbons (Fsp3) is 0.143. The molecule has 5 rings (SSSR count). The molecule has 1 aromatic heterocycles. The molecule has 1 saturated heterocycles. The van der Waals surface area contributed by atoms with Crippen molar-refractivity contribution in [1.29, 1.82) is 0 Å². The molecule has 1 aliphatic heterocycles. The van der Waals surface area contributed by atoms with Crippen molar-refractivity contribution in [3.63, 3.8) is 0 Å². The van der Waals surface area contributed by atoms with E-state index in [2.05, 4.69) is 77.8 Å². The lowest BCUT2D eigenvalue weighted by molar-refractivity contribution is -0.116. The molecule has 34 heavy (non-hydrogen) atoms. The largest absolute Gasteiger partial charge is 1.00 e. The minimum absolute atomic E-state index is 0. The first kappa shape index (κ1) is 24.1. The van der Waals surface area contributed by atoms with Crippen molar-refractivity contribution in [1.82, 2.24) is 4.98 Å². The van der Waals surface area contributed by atoms with E-state index in [1.54, 1.807) is 13.3 Å². The molecule has 0 bridgehead atoms. The van der Waals surface area contributed by atoms with Crippen molar-refractivity contribution in [2.45, 2.75) is 12.1 Å². The molecule has 3 aromatic carbocycles. The third-order valence-electron chi connectivity index (χ3n) is 6.38. The number of aromatic nitrogens is 1. The van der Waals surface area contributed by atoms with E-state index >= 15 is 0 Å². The molecule has 1 fully saturated rings. The van der Waals surface area contributed by atoms with Gasteiger partial charge in [0.25, 0.3) is 5.91 Å². The maximum Gasteiger partial charge on any atom is 0.269 e. The molecule has 0 radical (unpaired) electrons. The van der Waals surface area contributed by atoms with Crippen LogP contribution in [0, 0.1) is 0 Å². The van der Waals surface area contributed by atoms with Gasteiger partial charge in [0.05, 0.1) is 19.0 Å². The predicted molar refractivity (Wildman–Crippen MR) is 137 cm³/mol. The van der Waals surface area contributed by atoms with Crippen LogP contribution in [0.4, 0.5) is 5.69 Å². The Morgan fingerprint density at radius 2 is 1.29 bits per heavy atom. The van der Waals surface area contributed by atoms with Crippen LogP contribution in [0.15, 0.2) is 109 Å². The van der Waals surface area contributed by atoms with Crippen molar-refractivity contribution in [2.24, 2.45) is 0 Å². The zero-order valence-electron chi connectivity index (χ0n) is 18.9. The van der Waals surface area contributed by atoms with Gasteiger partial charge in [0.15, 0.2) is 5.66 Å². The maximum atomic E-state index is 14.1. The summed E-state index contributed by atoms with van der Waals surface area (Å²) < 4.78 is 5.20. The van der Waals surface area contributed by atoms with Gasteiger partial charge in [-0.15, -0.1) is 0 Å². The first-order valence-electron chi connectivity index (χ1n) is 11.1. The Labute approximate surface area is 211 Å². The molecule has 1 atom stereocenters. The maximum absolute atomic E-state index is 14.1. The summed E-state index contributed by atoms with van der Waals surface area (Å²) in [5.74, 6) is 0.702. The number of nitrogens with zero attached hydrogens (tertiary/aromatic N) is 2. The average Bonchev–Trinajstić information content (AvgIpc) is 3.28. The SMILES string of the molecule is COc1ccc(N2CC[C@@H]([P+](c3ccccc3)(c3ccccc3)c3ccccc3)C2=O)cn1.[Br-]. The number of methoxy groups -OCH3 is 1. The lowest BCUT2D eigenvalue weighted by atomic mass is 10.3. The zero-order chi connectivity index (χ0) is 22.7. The van der Waals surface area contributed by atoms with Crippen LogP contribution >= 0.6 is 7.26 Å². The highest BCUT2D eigenvalue weighted by Gasteiger charge is 2.58. The van der Waals surface area contributed by atoms with Crippen LogP contribution in [-0.4, -0.2) is 30.2 Å². The molecule has 172 valence electrons. The van der Waals surface area contributed by atoms with Gasteiger partial charge in [-0.3, -0.25) is 4.79 Å². The summed E-state index contributed by atoms with van der Waals surface area (Å²) in [5.41, 5.74) is 0.669. The molecular weight excluding hydrogens is 507 g/mol. The van der Waals surface area contributed by atoms with E-state index in [9.17, 15) is 4.79 Å². The summed E-state index contributed by atoms with van der Waals surface area (Å²) in [4.78, 5) is 20.3. The summed E-state index contributed by atoms with van der Waals surface area (Å²) in [5, 5.41) is 3.70. The number of hydrogen-bond donors (Lipinski definition) is 0. The highest BCUT2D eigenvalue weighted by Crippen LogP contribution is 2.62. The fourth-order valence-electron chi connectivity index (χ4n) is 4.91. The Balaban J connectivity index is 0.00000274. The van der Waals surface area contributed by atoms with E-state index in [1.807, 2.05) is 35.2 Å². The number of ether oxygens (including phenoxy) is 1. The third kappa shape index (κ3) is 4.15. The third-order valence-corrected chi connectivity index (χ3v) is 11.1. The molecule has 0 aliphatic carbocycles. The standard InChI is InChI=1S/C28H26N2O2P.BrH/c1-32-27-18-17-22(21-29-27)30-20-19-26(28(30)31)33(23-11-5-2-6-12-23,24-13-7-3-8-14-24)25-15-9-4-10-16-25;/h2-18,21,26H,19-20H2,1H3;1H/q+1;/p-1/t26-;/m1./s1. The number of halogens is 1. The molecule has 0 N–H and O–H groups in total. The molecule has 0 spiro atoms. The monoisotopic (exact) mass is 532 g/mol. The molecule has 4 nitrogen and oxygen atoms in total. The summed E-state index contributed by atoms with van der Waals surface area (Å²) in [6.45, 7) is 0.672. The Bertz CT molecular complexity index is 1130. The van der Waals surface area contributed by atoms with E-state index in [0.29, 0.717) is 12.4 Å². The number of carbonyl (C=O) groups excluding carboxylic acids is 1. The van der Waals surface area contributed by atoms with Crippen molar-refractivity contribution >= 4 is 34.8 Å². The van der Waals surface area contributed by atoms with Crippen LogP contribution in [0.5, 0.6) is 5.88 Å². The Kier molecular flexibility index (Phi) is 7.45. The van der Waals surface area contributed by atoms with E-state index in [4.69, 9.17) is 4.74 Å². The summed E-state index contributed by atoms with van der Waals surface area (Å²) >= 11 is 0. The van der Waals surface area contributed by atoms with Crippen LogP contribution in [0.25, 0.3) is 0 Å². The lowest BCUT2D eigenvalue weighted by Crippen LogP contribution is -3.00. The van der Waals surface area contributed by atoms with E-state index in [1.165, 1.54) is 15.9 Å². The van der Waals surface area contributed by atoms with Gasteiger partial charge in [-0.05, 0) is 42.5 Å². The molecular formula is C28H26BrN2O2P. The van der Waals surface area contributed by atoms with Crippen molar-refractivity contribution in [3.8, 4) is 5.88 Å². The highest BCUT2D eigenvalue weighted by molar-refractivity contribution is 7.97. The van der Waals surface area contributed by atoms with Gasteiger partial charge in [0.2, 0.25) is 5.88 Å². The number of benzene rings is 3. The van der Waals surface area contributed by atoms with Gasteiger partial charge in [-0.1, -0.05) is 54.6 Å². The van der Waals surface area contributed by atoms with E-state index < -0.39 is 7.26 Å². The second kappa shape index (κ2) is 10.5. The highest BCUT2D eigenvalue weighted by atomic mass is 79.9. The second-order valence-corrected chi connectivity index (χ2v) is 11.7. The number of amides is 1. The van der Waals surface area contributed by atoms with Crippen molar-refractivity contribution in [3.05, 3.63) is 109 Å². The number of hydrogen-bond acceptors (Lipinski definition) is 3.